The van der Waals surface area contributed by atoms with Gasteiger partial charge >= 0.3 is 0 Å². The Morgan fingerprint density at radius 3 is 2.57 bits per heavy atom. The highest BCUT2D eigenvalue weighted by atomic mass is 35.5. The molecule has 0 aliphatic carbocycles. The highest BCUT2D eigenvalue weighted by Gasteiger charge is 2.31. The number of carbonyl (C=O) groups is 3. The molecule has 0 saturated carbocycles. The highest BCUT2D eigenvalue weighted by molar-refractivity contribution is 6.34. The van der Waals surface area contributed by atoms with Crippen LogP contribution in [0.3, 0.4) is 0 Å². The van der Waals surface area contributed by atoms with Gasteiger partial charge in [0.05, 0.1) is 29.6 Å². The number of ether oxygens (including phenoxy) is 1. The van der Waals surface area contributed by atoms with E-state index in [4.69, 9.17) is 16.3 Å². The minimum absolute atomic E-state index is 0.00263. The Labute approximate surface area is 246 Å². The molecule has 2 aliphatic heterocycles. The number of hydrogen-bond acceptors (Lipinski definition) is 6. The van der Waals surface area contributed by atoms with Gasteiger partial charge < -0.3 is 30.2 Å². The molecule has 0 spiro atoms. The van der Waals surface area contributed by atoms with Crippen molar-refractivity contribution in [2.45, 2.75) is 25.3 Å². The number of rotatable bonds is 7. The van der Waals surface area contributed by atoms with Gasteiger partial charge in [-0.25, -0.2) is 9.37 Å². The molecule has 5 rings (SSSR count). The number of imidazole rings is 1. The van der Waals surface area contributed by atoms with Crippen molar-refractivity contribution in [3.05, 3.63) is 64.6 Å². The minimum atomic E-state index is -1.14. The molecule has 1 aromatic heterocycles. The molecule has 1 unspecified atom stereocenters. The topological polar surface area (TPSA) is 118 Å². The molecule has 2 fully saturated rings. The number of amides is 3. The largest absolute Gasteiger partial charge is 0.494 e. The molecule has 13 heteroatoms. The number of nitrogens with zero attached hydrogens (tertiary/aromatic N) is 3. The normalized spacial score (nSPS) is 17.3. The predicted molar refractivity (Wildman–Crippen MR) is 153 cm³/mol. The Morgan fingerprint density at radius 2 is 1.86 bits per heavy atom. The van der Waals surface area contributed by atoms with Crippen LogP contribution in [0.15, 0.2) is 36.5 Å². The van der Waals surface area contributed by atoms with E-state index < -0.39 is 17.5 Å². The molecule has 222 valence electrons. The third-order valence-electron chi connectivity index (χ3n) is 7.72. The van der Waals surface area contributed by atoms with Crippen LogP contribution >= 0.6 is 11.6 Å². The Morgan fingerprint density at radius 1 is 1.10 bits per heavy atom. The second-order valence-corrected chi connectivity index (χ2v) is 10.8. The summed E-state index contributed by atoms with van der Waals surface area (Å²) in [6.45, 7) is 2.54. The van der Waals surface area contributed by atoms with E-state index in [2.05, 4.69) is 20.9 Å². The number of hydrogen-bond donors (Lipinski definition) is 3. The summed E-state index contributed by atoms with van der Waals surface area (Å²) in [7, 11) is 2.74. The smallest absolute Gasteiger partial charge is 0.291 e. The van der Waals surface area contributed by atoms with Crippen molar-refractivity contribution in [2.24, 2.45) is 13.0 Å². The molecular formula is C29H31ClF2N6O4. The van der Waals surface area contributed by atoms with Gasteiger partial charge in [0.15, 0.2) is 17.4 Å². The predicted octanol–water partition coefficient (Wildman–Crippen LogP) is 3.61. The van der Waals surface area contributed by atoms with Gasteiger partial charge in [0.25, 0.3) is 11.8 Å². The quantitative estimate of drug-likeness (QED) is 0.381. The minimum Gasteiger partial charge on any atom is -0.494 e. The summed E-state index contributed by atoms with van der Waals surface area (Å²) >= 11 is 6.44. The average molecular weight is 601 g/mol. The van der Waals surface area contributed by atoms with Crippen LogP contribution in [0.1, 0.15) is 40.2 Å². The number of anilines is 1. The van der Waals surface area contributed by atoms with Crippen molar-refractivity contribution in [1.82, 2.24) is 25.1 Å². The number of piperidine rings is 1. The van der Waals surface area contributed by atoms with Crippen LogP contribution in [0.5, 0.6) is 5.75 Å². The van der Waals surface area contributed by atoms with Gasteiger partial charge in [-0.2, -0.15) is 4.39 Å². The lowest BCUT2D eigenvalue weighted by Gasteiger charge is -2.24. The summed E-state index contributed by atoms with van der Waals surface area (Å²) < 4.78 is 35.0. The van der Waals surface area contributed by atoms with Crippen molar-refractivity contribution in [2.75, 3.05) is 38.6 Å². The molecule has 10 nitrogen and oxygen atoms in total. The summed E-state index contributed by atoms with van der Waals surface area (Å²) in [6, 6.07) is 7.06. The second kappa shape index (κ2) is 12.5. The Hall–Kier alpha value is -4.03. The number of methoxy groups -OCH3 is 1. The van der Waals surface area contributed by atoms with E-state index in [9.17, 15) is 23.2 Å². The monoisotopic (exact) mass is 600 g/mol. The molecule has 3 aromatic rings. The molecular weight excluding hydrogens is 570 g/mol. The van der Waals surface area contributed by atoms with Gasteiger partial charge in [0.2, 0.25) is 11.7 Å². The zero-order chi connectivity index (χ0) is 30.0. The van der Waals surface area contributed by atoms with Gasteiger partial charge in [0.1, 0.15) is 0 Å². The summed E-state index contributed by atoms with van der Waals surface area (Å²) in [6.07, 6.45) is 3.55. The van der Waals surface area contributed by atoms with E-state index in [1.165, 1.54) is 49.2 Å². The average Bonchev–Trinajstić information content (AvgIpc) is 3.61. The Bertz CT molecular complexity index is 1520. The number of likely N-dealkylation sites (tertiary alicyclic amines) is 1. The third kappa shape index (κ3) is 5.95. The fraction of sp³-hybridized carbons (Fsp3) is 0.379. The fourth-order valence-electron chi connectivity index (χ4n) is 5.35. The number of nitrogens with one attached hydrogen (secondary N) is 3. The molecule has 2 aromatic carbocycles. The molecule has 3 heterocycles. The molecule has 2 saturated heterocycles. The first-order valence-electron chi connectivity index (χ1n) is 13.6. The zero-order valence-corrected chi connectivity index (χ0v) is 23.9. The third-order valence-corrected chi connectivity index (χ3v) is 8.04. The number of carbonyl (C=O) groups excluding carboxylic acids is 3. The van der Waals surface area contributed by atoms with Crippen LogP contribution in [0.2, 0.25) is 5.02 Å². The van der Waals surface area contributed by atoms with E-state index in [0.717, 1.165) is 25.9 Å². The van der Waals surface area contributed by atoms with Crippen molar-refractivity contribution < 1.29 is 27.9 Å². The maximum Gasteiger partial charge on any atom is 0.291 e. The summed E-state index contributed by atoms with van der Waals surface area (Å²) in [5.41, 5.74) is 0.704. The maximum atomic E-state index is 14.6. The van der Waals surface area contributed by atoms with Gasteiger partial charge in [-0.05, 0) is 62.7 Å². The summed E-state index contributed by atoms with van der Waals surface area (Å²) in [4.78, 5) is 44.5. The first kappa shape index (κ1) is 29.5. The van der Waals surface area contributed by atoms with Crippen LogP contribution in [0.4, 0.5) is 14.5 Å². The maximum absolute atomic E-state index is 14.6. The zero-order valence-electron chi connectivity index (χ0n) is 23.2. The second-order valence-electron chi connectivity index (χ2n) is 10.4. The van der Waals surface area contributed by atoms with Crippen molar-refractivity contribution in [3.63, 3.8) is 0 Å². The lowest BCUT2D eigenvalue weighted by atomic mass is 9.97. The summed E-state index contributed by atoms with van der Waals surface area (Å²) in [5.74, 6) is -3.39. The van der Waals surface area contributed by atoms with Crippen LogP contribution < -0.4 is 20.7 Å². The van der Waals surface area contributed by atoms with Crippen LogP contribution in [-0.4, -0.2) is 71.5 Å². The Kier molecular flexibility index (Phi) is 8.74. The summed E-state index contributed by atoms with van der Waals surface area (Å²) in [5, 5.41) is 9.15. The van der Waals surface area contributed by atoms with E-state index in [1.54, 1.807) is 11.0 Å². The Balaban J connectivity index is 1.22. The molecule has 42 heavy (non-hydrogen) atoms. The van der Waals surface area contributed by atoms with E-state index >= 15 is 0 Å². The first-order valence-corrected chi connectivity index (χ1v) is 14.0. The SMILES string of the molecule is COc1ccc(-c2cnc(C(=O)Nc3ccc(C(=O)N4CCC(NC(=O)C5CCNCC5)C4)c(Cl)c3)n2C)c(F)c1F. The molecule has 2 aliphatic rings. The molecule has 3 amide bonds. The van der Waals surface area contributed by atoms with Gasteiger partial charge in [-0.3, -0.25) is 14.4 Å². The van der Waals surface area contributed by atoms with Gasteiger partial charge in [0, 0.05) is 43.3 Å². The highest BCUT2D eigenvalue weighted by Crippen LogP contribution is 2.30. The van der Waals surface area contributed by atoms with Gasteiger partial charge in [-0.15, -0.1) is 0 Å². The van der Waals surface area contributed by atoms with Crippen molar-refractivity contribution in [3.8, 4) is 17.0 Å². The van der Waals surface area contributed by atoms with Gasteiger partial charge in [-0.1, -0.05) is 11.6 Å². The number of halogens is 3. The lowest BCUT2D eigenvalue weighted by molar-refractivity contribution is -0.126. The van der Waals surface area contributed by atoms with E-state index in [1.807, 2.05) is 0 Å². The molecule has 3 N–H and O–H groups in total. The standard InChI is InChI=1S/C29H31ClF2N6O4/c1-37-22(20-5-6-23(42-2)25(32)24(20)31)14-34-26(37)28(40)35-17-3-4-19(21(30)13-17)29(41)38-12-9-18(15-38)36-27(39)16-7-10-33-11-8-16/h3-6,13-14,16,18,33H,7-12,15H2,1-2H3,(H,35,40)(H,36,39). The van der Waals surface area contributed by atoms with Crippen molar-refractivity contribution >= 4 is 35.0 Å². The number of aromatic nitrogens is 2. The molecule has 1 atom stereocenters. The molecule has 0 radical (unpaired) electrons. The van der Waals surface area contributed by atoms with Crippen molar-refractivity contribution in [1.29, 1.82) is 0 Å². The first-order chi connectivity index (χ1) is 20.2. The fourth-order valence-corrected chi connectivity index (χ4v) is 5.61. The lowest BCUT2D eigenvalue weighted by Crippen LogP contribution is -2.44. The van der Waals surface area contributed by atoms with E-state index in [-0.39, 0.29) is 57.2 Å². The van der Waals surface area contributed by atoms with Crippen LogP contribution in [-0.2, 0) is 11.8 Å². The van der Waals surface area contributed by atoms with Crippen LogP contribution in [0, 0.1) is 17.6 Å². The molecule has 0 bridgehead atoms. The number of benzene rings is 2. The van der Waals surface area contributed by atoms with E-state index in [0.29, 0.717) is 25.2 Å². The van der Waals surface area contributed by atoms with Crippen LogP contribution in [0.25, 0.3) is 11.3 Å².